The average Bonchev–Trinajstić information content (AvgIpc) is 2.76. The molecule has 1 aliphatic rings. The highest BCUT2D eigenvalue weighted by atomic mass is 16.4. The topological polar surface area (TPSA) is 94.9 Å². The Labute approximate surface area is 106 Å². The van der Waals surface area contributed by atoms with Gasteiger partial charge in [-0.2, -0.15) is 0 Å². The molecule has 0 unspecified atom stereocenters. The lowest BCUT2D eigenvalue weighted by Crippen LogP contribution is -2.43. The van der Waals surface area contributed by atoms with Gasteiger partial charge in [-0.15, -0.1) is 0 Å². The van der Waals surface area contributed by atoms with Crippen LogP contribution in [0.25, 0.3) is 0 Å². The molecule has 6 nitrogen and oxygen atoms in total. The summed E-state index contributed by atoms with van der Waals surface area (Å²) in [4.78, 5) is 35.2. The number of hydrogen-bond acceptors (Lipinski definition) is 3. The minimum absolute atomic E-state index is 0.233. The van der Waals surface area contributed by atoms with Crippen molar-refractivity contribution in [1.82, 2.24) is 4.90 Å². The fraction of sp³-hybridized carbons (Fsp3) is 0.750. The van der Waals surface area contributed by atoms with E-state index in [1.165, 1.54) is 4.90 Å². The Bertz CT molecular complexity index is 354. The van der Waals surface area contributed by atoms with E-state index in [1.54, 1.807) is 13.8 Å². The third-order valence-corrected chi connectivity index (χ3v) is 3.37. The van der Waals surface area contributed by atoms with E-state index >= 15 is 0 Å². The smallest absolute Gasteiger partial charge is 0.326 e. The van der Waals surface area contributed by atoms with Crippen molar-refractivity contribution in [2.45, 2.75) is 39.2 Å². The van der Waals surface area contributed by atoms with Gasteiger partial charge in [0.2, 0.25) is 5.91 Å². The van der Waals surface area contributed by atoms with Crippen molar-refractivity contribution in [3.8, 4) is 0 Å². The molecule has 6 heteroatoms. The number of carbonyl (C=O) groups excluding carboxylic acids is 1. The van der Waals surface area contributed by atoms with Crippen LogP contribution in [0.5, 0.6) is 0 Å². The van der Waals surface area contributed by atoms with E-state index in [4.69, 9.17) is 10.2 Å². The maximum Gasteiger partial charge on any atom is 0.326 e. The van der Waals surface area contributed by atoms with Crippen LogP contribution in [-0.2, 0) is 14.4 Å². The maximum absolute atomic E-state index is 12.1. The molecule has 0 aliphatic carbocycles. The number of carboxylic acids is 2. The Morgan fingerprint density at radius 3 is 2.33 bits per heavy atom. The van der Waals surface area contributed by atoms with Gasteiger partial charge in [0, 0.05) is 12.5 Å². The zero-order valence-electron chi connectivity index (χ0n) is 10.6. The third-order valence-electron chi connectivity index (χ3n) is 3.37. The lowest BCUT2D eigenvalue weighted by atomic mass is 9.96. The van der Waals surface area contributed by atoms with E-state index in [2.05, 4.69) is 0 Å². The van der Waals surface area contributed by atoms with E-state index in [0.29, 0.717) is 19.4 Å². The van der Waals surface area contributed by atoms with E-state index in [9.17, 15) is 14.4 Å². The molecule has 0 radical (unpaired) electrons. The number of rotatable bonds is 5. The summed E-state index contributed by atoms with van der Waals surface area (Å²) in [5.74, 6) is -3.25. The summed E-state index contributed by atoms with van der Waals surface area (Å²) in [6.07, 6.45) is 1.39. The monoisotopic (exact) mass is 257 g/mol. The van der Waals surface area contributed by atoms with Crippen LogP contribution in [-0.4, -0.2) is 45.5 Å². The second-order valence-electron chi connectivity index (χ2n) is 4.90. The van der Waals surface area contributed by atoms with Gasteiger partial charge in [-0.3, -0.25) is 9.59 Å². The van der Waals surface area contributed by atoms with Crippen molar-refractivity contribution in [1.29, 1.82) is 0 Å². The summed E-state index contributed by atoms with van der Waals surface area (Å²) in [7, 11) is 0. The van der Waals surface area contributed by atoms with Crippen LogP contribution >= 0.6 is 0 Å². The Morgan fingerprint density at radius 1 is 1.22 bits per heavy atom. The molecular formula is C12H19NO5. The number of hydrogen-bond donors (Lipinski definition) is 2. The largest absolute Gasteiger partial charge is 0.481 e. The third kappa shape index (κ3) is 3.21. The van der Waals surface area contributed by atoms with Crippen LogP contribution in [0.1, 0.15) is 33.1 Å². The van der Waals surface area contributed by atoms with Gasteiger partial charge < -0.3 is 15.1 Å². The predicted octanol–water partition coefficient (Wildman–Crippen LogP) is 0.809. The van der Waals surface area contributed by atoms with Gasteiger partial charge in [-0.05, 0) is 19.3 Å². The first-order chi connectivity index (χ1) is 8.34. The summed E-state index contributed by atoms with van der Waals surface area (Å²) >= 11 is 0. The van der Waals surface area contributed by atoms with Gasteiger partial charge >= 0.3 is 11.9 Å². The van der Waals surface area contributed by atoms with E-state index in [1.807, 2.05) is 0 Å². The maximum atomic E-state index is 12.1. The van der Waals surface area contributed by atoms with Gasteiger partial charge in [-0.25, -0.2) is 4.79 Å². The van der Waals surface area contributed by atoms with Crippen LogP contribution < -0.4 is 0 Å². The van der Waals surface area contributed by atoms with Crippen molar-refractivity contribution in [2.24, 2.45) is 11.8 Å². The summed E-state index contributed by atoms with van der Waals surface area (Å²) in [6, 6.07) is -0.750. The molecule has 0 aromatic heterocycles. The molecule has 1 amide bonds. The van der Waals surface area contributed by atoms with E-state index < -0.39 is 29.8 Å². The zero-order valence-corrected chi connectivity index (χ0v) is 10.6. The molecular weight excluding hydrogens is 238 g/mol. The molecule has 3 atom stereocenters. The Hall–Kier alpha value is -1.59. The van der Waals surface area contributed by atoms with Crippen LogP contribution in [0.2, 0.25) is 0 Å². The molecule has 1 aliphatic heterocycles. The second-order valence-corrected chi connectivity index (χ2v) is 4.90. The molecule has 1 rings (SSSR count). The Morgan fingerprint density at radius 2 is 1.83 bits per heavy atom. The van der Waals surface area contributed by atoms with Crippen LogP contribution in [0.15, 0.2) is 0 Å². The van der Waals surface area contributed by atoms with Crippen molar-refractivity contribution in [3.63, 3.8) is 0 Å². The molecule has 1 saturated heterocycles. The van der Waals surface area contributed by atoms with E-state index in [-0.39, 0.29) is 12.3 Å². The minimum Gasteiger partial charge on any atom is -0.481 e. The van der Waals surface area contributed by atoms with Crippen molar-refractivity contribution >= 4 is 17.8 Å². The molecule has 1 heterocycles. The second kappa shape index (κ2) is 5.84. The number of amides is 1. The van der Waals surface area contributed by atoms with Gasteiger partial charge in [0.1, 0.15) is 6.04 Å². The highest BCUT2D eigenvalue weighted by Gasteiger charge is 2.36. The molecule has 102 valence electrons. The van der Waals surface area contributed by atoms with Crippen LogP contribution in [0, 0.1) is 11.8 Å². The SMILES string of the molecule is C[C@H](C[C@@H](C)C(=O)N1CCC[C@H]1C(=O)O)C(=O)O. The molecule has 1 fully saturated rings. The van der Waals surface area contributed by atoms with E-state index in [0.717, 1.165) is 0 Å². The summed E-state index contributed by atoms with van der Waals surface area (Å²) in [5, 5.41) is 17.8. The molecule has 0 spiro atoms. The van der Waals surface area contributed by atoms with Gasteiger partial charge in [0.15, 0.2) is 0 Å². The summed E-state index contributed by atoms with van der Waals surface area (Å²) in [6.45, 7) is 3.64. The minimum atomic E-state index is -0.987. The van der Waals surface area contributed by atoms with Crippen molar-refractivity contribution < 1.29 is 24.6 Å². The van der Waals surface area contributed by atoms with Crippen LogP contribution in [0.3, 0.4) is 0 Å². The Balaban J connectivity index is 2.63. The highest BCUT2D eigenvalue weighted by molar-refractivity contribution is 5.85. The Kier molecular flexibility index (Phi) is 4.69. The van der Waals surface area contributed by atoms with Crippen molar-refractivity contribution in [3.05, 3.63) is 0 Å². The lowest BCUT2D eigenvalue weighted by Gasteiger charge is -2.25. The summed E-state index contributed by atoms with van der Waals surface area (Å²) in [5.41, 5.74) is 0. The zero-order chi connectivity index (χ0) is 13.9. The molecule has 18 heavy (non-hydrogen) atoms. The average molecular weight is 257 g/mol. The normalized spacial score (nSPS) is 22.6. The quantitative estimate of drug-likeness (QED) is 0.760. The lowest BCUT2D eigenvalue weighted by molar-refractivity contribution is -0.150. The molecule has 0 bridgehead atoms. The summed E-state index contributed by atoms with van der Waals surface area (Å²) < 4.78 is 0. The van der Waals surface area contributed by atoms with Crippen LogP contribution in [0.4, 0.5) is 0 Å². The molecule has 0 aromatic carbocycles. The van der Waals surface area contributed by atoms with Gasteiger partial charge in [-0.1, -0.05) is 13.8 Å². The van der Waals surface area contributed by atoms with Gasteiger partial charge in [0.05, 0.1) is 5.92 Å². The number of carbonyl (C=O) groups is 3. The number of likely N-dealkylation sites (tertiary alicyclic amines) is 1. The first-order valence-electron chi connectivity index (χ1n) is 6.10. The molecule has 0 saturated carbocycles. The predicted molar refractivity (Wildman–Crippen MR) is 63.0 cm³/mol. The van der Waals surface area contributed by atoms with Crippen molar-refractivity contribution in [2.75, 3.05) is 6.54 Å². The number of aliphatic carboxylic acids is 2. The molecule has 0 aromatic rings. The fourth-order valence-corrected chi connectivity index (χ4v) is 2.30. The standard InChI is InChI=1S/C12H19NO5/c1-7(6-8(2)11(15)16)10(14)13-5-3-4-9(13)12(17)18/h7-9H,3-6H2,1-2H3,(H,15,16)(H,17,18)/t7-,8-,9+/m1/s1. The number of carboxylic acid groups (broad SMARTS) is 2. The molecule has 2 N–H and O–H groups in total. The first kappa shape index (κ1) is 14.5. The highest BCUT2D eigenvalue weighted by Crippen LogP contribution is 2.22. The first-order valence-corrected chi connectivity index (χ1v) is 6.10. The fourth-order valence-electron chi connectivity index (χ4n) is 2.30. The van der Waals surface area contributed by atoms with Gasteiger partial charge in [0.25, 0.3) is 0 Å². The number of nitrogens with zero attached hydrogens (tertiary/aromatic N) is 1.